The summed E-state index contributed by atoms with van der Waals surface area (Å²) in [6, 6.07) is 2.24. The highest BCUT2D eigenvalue weighted by Crippen LogP contribution is 2.16. The predicted molar refractivity (Wildman–Crippen MR) is 50.0 cm³/mol. The number of nitrogens with zero attached hydrogens (tertiary/aromatic N) is 1. The molecule has 0 amide bonds. The van der Waals surface area contributed by atoms with E-state index in [1.807, 2.05) is 0 Å². The van der Waals surface area contributed by atoms with Gasteiger partial charge in [0.25, 0.3) is 5.56 Å². The molecule has 0 radical (unpaired) electrons. The van der Waals surface area contributed by atoms with Gasteiger partial charge < -0.3 is 0 Å². The first-order chi connectivity index (χ1) is 7.20. The Morgan fingerprint density at radius 1 is 1.33 bits per heavy atom. The number of carbonyl (C=O) groups is 1. The minimum Gasteiger partial charge on any atom is -0.298 e. The van der Waals surface area contributed by atoms with Crippen LogP contribution >= 0.6 is 0 Å². The molecule has 0 atom stereocenters. The average Bonchev–Trinajstić information content (AvgIpc) is 2.64. The van der Waals surface area contributed by atoms with Crippen LogP contribution in [0.3, 0.4) is 0 Å². The number of rotatable bonds is 2. The van der Waals surface area contributed by atoms with Crippen molar-refractivity contribution in [2.75, 3.05) is 0 Å². The van der Waals surface area contributed by atoms with Gasteiger partial charge in [0, 0.05) is 17.8 Å². The van der Waals surface area contributed by atoms with E-state index in [1.165, 1.54) is 12.3 Å². The summed E-state index contributed by atoms with van der Waals surface area (Å²) in [5.41, 5.74) is 0.0219. The summed E-state index contributed by atoms with van der Waals surface area (Å²) >= 11 is 0. The van der Waals surface area contributed by atoms with E-state index in [1.54, 1.807) is 0 Å². The van der Waals surface area contributed by atoms with Crippen molar-refractivity contribution in [3.05, 3.63) is 40.1 Å². The van der Waals surface area contributed by atoms with Crippen LogP contribution in [-0.4, -0.2) is 21.5 Å². The Morgan fingerprint density at radius 2 is 2.13 bits per heavy atom. The van der Waals surface area contributed by atoms with Crippen molar-refractivity contribution in [3.63, 3.8) is 0 Å². The molecule has 2 aromatic heterocycles. The molecular weight excluding hydrogens is 201 g/mol. The molecule has 2 N–H and O–H groups in total. The standard InChI is InChI=1S/C9H6FN3O2/c10-6-1-5(4-14)3-11-9(6)7-2-8(15)13-12-7/h1-4H,(H2,12,13,15). The Hall–Kier alpha value is -2.24. The highest BCUT2D eigenvalue weighted by molar-refractivity contribution is 5.75. The van der Waals surface area contributed by atoms with Crippen LogP contribution in [-0.2, 0) is 0 Å². The second kappa shape index (κ2) is 3.49. The van der Waals surface area contributed by atoms with E-state index >= 15 is 0 Å². The van der Waals surface area contributed by atoms with Gasteiger partial charge >= 0.3 is 0 Å². The number of aldehydes is 1. The van der Waals surface area contributed by atoms with Gasteiger partial charge in [0.1, 0.15) is 5.69 Å². The van der Waals surface area contributed by atoms with Crippen molar-refractivity contribution in [3.8, 4) is 11.4 Å². The second-order valence-corrected chi connectivity index (χ2v) is 2.89. The lowest BCUT2D eigenvalue weighted by molar-refractivity contribution is 0.112. The fourth-order valence-electron chi connectivity index (χ4n) is 1.18. The van der Waals surface area contributed by atoms with Crippen LogP contribution in [0.5, 0.6) is 0 Å². The third kappa shape index (κ3) is 1.69. The topological polar surface area (TPSA) is 78.6 Å². The number of aromatic nitrogens is 3. The fraction of sp³-hybridized carbons (Fsp3) is 0. The van der Waals surface area contributed by atoms with Crippen molar-refractivity contribution >= 4 is 6.29 Å². The number of pyridine rings is 1. The van der Waals surface area contributed by atoms with E-state index in [0.717, 1.165) is 6.07 Å². The quantitative estimate of drug-likeness (QED) is 0.712. The molecule has 5 nitrogen and oxygen atoms in total. The van der Waals surface area contributed by atoms with E-state index in [-0.39, 0.29) is 22.5 Å². The Kier molecular flexibility index (Phi) is 2.17. The Labute approximate surface area is 83.0 Å². The second-order valence-electron chi connectivity index (χ2n) is 2.89. The molecule has 0 aromatic carbocycles. The SMILES string of the molecule is O=Cc1cnc(-c2cc(=O)[nH][nH]2)c(F)c1. The van der Waals surface area contributed by atoms with Gasteiger partial charge in [-0.25, -0.2) is 4.39 Å². The van der Waals surface area contributed by atoms with Crippen LogP contribution in [0.15, 0.2) is 23.1 Å². The van der Waals surface area contributed by atoms with Crippen molar-refractivity contribution in [2.24, 2.45) is 0 Å². The molecule has 2 rings (SSSR count). The lowest BCUT2D eigenvalue weighted by atomic mass is 10.2. The van der Waals surface area contributed by atoms with E-state index in [9.17, 15) is 14.0 Å². The summed E-state index contributed by atoms with van der Waals surface area (Å²) in [6.45, 7) is 0. The van der Waals surface area contributed by atoms with Gasteiger partial charge in [-0.2, -0.15) is 0 Å². The molecule has 0 aliphatic heterocycles. The van der Waals surface area contributed by atoms with Crippen LogP contribution in [0.1, 0.15) is 10.4 Å². The number of nitrogens with one attached hydrogen (secondary N) is 2. The molecule has 0 spiro atoms. The average molecular weight is 207 g/mol. The first-order valence-corrected chi connectivity index (χ1v) is 4.09. The van der Waals surface area contributed by atoms with Gasteiger partial charge in [-0.3, -0.25) is 24.8 Å². The Morgan fingerprint density at radius 3 is 2.67 bits per heavy atom. The molecule has 0 aliphatic rings. The minimum atomic E-state index is -0.658. The number of aromatic amines is 2. The summed E-state index contributed by atoms with van der Waals surface area (Å²) in [6.07, 6.45) is 1.73. The first-order valence-electron chi connectivity index (χ1n) is 4.09. The summed E-state index contributed by atoms with van der Waals surface area (Å²) in [5, 5.41) is 4.74. The zero-order valence-corrected chi connectivity index (χ0v) is 7.45. The van der Waals surface area contributed by atoms with E-state index in [4.69, 9.17) is 0 Å². The fourth-order valence-corrected chi connectivity index (χ4v) is 1.18. The predicted octanol–water partition coefficient (Wildman–Crippen LogP) is 0.717. The van der Waals surface area contributed by atoms with Gasteiger partial charge in [0.15, 0.2) is 12.1 Å². The smallest absolute Gasteiger partial charge is 0.264 e. The third-order valence-electron chi connectivity index (χ3n) is 1.85. The summed E-state index contributed by atoms with van der Waals surface area (Å²) in [5.74, 6) is -0.658. The summed E-state index contributed by atoms with van der Waals surface area (Å²) in [7, 11) is 0. The van der Waals surface area contributed by atoms with Crippen LogP contribution in [0.2, 0.25) is 0 Å². The maximum Gasteiger partial charge on any atom is 0.264 e. The van der Waals surface area contributed by atoms with Crippen LogP contribution in [0.4, 0.5) is 4.39 Å². The van der Waals surface area contributed by atoms with Gasteiger partial charge in [-0.05, 0) is 6.07 Å². The van der Waals surface area contributed by atoms with Crippen LogP contribution in [0, 0.1) is 5.82 Å². The lowest BCUT2D eigenvalue weighted by Crippen LogP contribution is -1.94. The molecule has 0 saturated heterocycles. The van der Waals surface area contributed by atoms with E-state index in [0.29, 0.717) is 6.29 Å². The van der Waals surface area contributed by atoms with Gasteiger partial charge in [0.2, 0.25) is 0 Å². The molecule has 0 fully saturated rings. The van der Waals surface area contributed by atoms with Crippen molar-refractivity contribution in [1.82, 2.24) is 15.2 Å². The molecule has 0 bridgehead atoms. The molecule has 0 saturated carbocycles. The summed E-state index contributed by atoms with van der Waals surface area (Å²) in [4.78, 5) is 24.9. The molecule has 2 heterocycles. The normalized spacial score (nSPS) is 10.2. The molecule has 0 aliphatic carbocycles. The van der Waals surface area contributed by atoms with Crippen LogP contribution in [0.25, 0.3) is 11.4 Å². The Bertz CT molecular complexity index is 558. The van der Waals surface area contributed by atoms with Crippen molar-refractivity contribution in [2.45, 2.75) is 0 Å². The number of hydrogen-bond donors (Lipinski definition) is 2. The Balaban J connectivity index is 2.54. The number of H-pyrrole nitrogens is 2. The number of hydrogen-bond acceptors (Lipinski definition) is 3. The lowest BCUT2D eigenvalue weighted by Gasteiger charge is -1.98. The number of halogens is 1. The van der Waals surface area contributed by atoms with Gasteiger partial charge in [0.05, 0.1) is 5.69 Å². The van der Waals surface area contributed by atoms with E-state index in [2.05, 4.69) is 15.2 Å². The monoisotopic (exact) mass is 207 g/mol. The highest BCUT2D eigenvalue weighted by atomic mass is 19.1. The van der Waals surface area contributed by atoms with Crippen molar-refractivity contribution < 1.29 is 9.18 Å². The molecule has 6 heteroatoms. The zero-order chi connectivity index (χ0) is 10.8. The molecule has 2 aromatic rings. The van der Waals surface area contributed by atoms with Gasteiger partial charge in [-0.15, -0.1) is 0 Å². The third-order valence-corrected chi connectivity index (χ3v) is 1.85. The first kappa shape index (κ1) is 9.32. The zero-order valence-electron chi connectivity index (χ0n) is 7.45. The largest absolute Gasteiger partial charge is 0.298 e. The summed E-state index contributed by atoms with van der Waals surface area (Å²) < 4.78 is 13.4. The van der Waals surface area contributed by atoms with Crippen LogP contribution < -0.4 is 5.56 Å². The molecule has 76 valence electrons. The molecule has 0 unspecified atom stereocenters. The van der Waals surface area contributed by atoms with E-state index < -0.39 is 5.82 Å². The highest BCUT2D eigenvalue weighted by Gasteiger charge is 2.09. The minimum absolute atomic E-state index is 0.000972. The van der Waals surface area contributed by atoms with Gasteiger partial charge in [-0.1, -0.05) is 0 Å². The maximum absolute atomic E-state index is 13.4. The molecular formula is C9H6FN3O2. The number of carbonyl (C=O) groups excluding carboxylic acids is 1. The molecule has 15 heavy (non-hydrogen) atoms. The maximum atomic E-state index is 13.4. The van der Waals surface area contributed by atoms with Crippen molar-refractivity contribution in [1.29, 1.82) is 0 Å².